The Labute approximate surface area is 158 Å². The molecule has 0 aliphatic heterocycles. The minimum absolute atomic E-state index is 0.0863. The SMILES string of the molecule is CC[C@H](NC(=S)Nc1cc(C(=O)OC)ccc1Cl)c1ccc(C)cc1. The van der Waals surface area contributed by atoms with Crippen LogP contribution in [0.3, 0.4) is 0 Å². The zero-order chi connectivity index (χ0) is 18.4. The molecular weight excluding hydrogens is 356 g/mol. The number of nitrogens with one attached hydrogen (secondary N) is 2. The minimum Gasteiger partial charge on any atom is -0.465 e. The van der Waals surface area contributed by atoms with Crippen molar-refractivity contribution in [3.63, 3.8) is 0 Å². The van der Waals surface area contributed by atoms with E-state index in [1.807, 2.05) is 0 Å². The molecule has 0 radical (unpaired) electrons. The number of aryl methyl sites for hydroxylation is 1. The number of methoxy groups -OCH3 is 1. The molecule has 2 aromatic carbocycles. The zero-order valence-corrected chi connectivity index (χ0v) is 16.0. The summed E-state index contributed by atoms with van der Waals surface area (Å²) in [5.41, 5.74) is 3.33. The third-order valence-electron chi connectivity index (χ3n) is 3.83. The number of anilines is 1. The lowest BCUT2D eigenvalue weighted by molar-refractivity contribution is 0.0601. The number of thiocarbonyl (C=S) groups is 1. The summed E-state index contributed by atoms with van der Waals surface area (Å²) >= 11 is 11.6. The molecule has 1 atom stereocenters. The Hall–Kier alpha value is -2.11. The van der Waals surface area contributed by atoms with Gasteiger partial charge in [0.05, 0.1) is 29.4 Å². The van der Waals surface area contributed by atoms with E-state index in [-0.39, 0.29) is 6.04 Å². The van der Waals surface area contributed by atoms with E-state index < -0.39 is 5.97 Å². The summed E-state index contributed by atoms with van der Waals surface area (Å²) in [6, 6.07) is 13.3. The maximum Gasteiger partial charge on any atom is 0.337 e. The Balaban J connectivity index is 2.10. The predicted molar refractivity (Wildman–Crippen MR) is 106 cm³/mol. The summed E-state index contributed by atoms with van der Waals surface area (Å²) in [6.45, 7) is 4.14. The molecule has 2 aromatic rings. The van der Waals surface area contributed by atoms with Crippen LogP contribution in [0.4, 0.5) is 5.69 Å². The summed E-state index contributed by atoms with van der Waals surface area (Å²) in [7, 11) is 1.34. The van der Waals surface area contributed by atoms with Crippen molar-refractivity contribution >= 4 is 40.6 Å². The lowest BCUT2D eigenvalue weighted by Crippen LogP contribution is -2.32. The molecule has 0 bridgehead atoms. The number of hydrogen-bond acceptors (Lipinski definition) is 3. The topological polar surface area (TPSA) is 50.4 Å². The van der Waals surface area contributed by atoms with E-state index in [9.17, 15) is 4.79 Å². The largest absolute Gasteiger partial charge is 0.465 e. The van der Waals surface area contributed by atoms with Crippen molar-refractivity contribution in [2.75, 3.05) is 12.4 Å². The first kappa shape index (κ1) is 19.2. The Morgan fingerprint density at radius 1 is 1.24 bits per heavy atom. The first-order valence-electron chi connectivity index (χ1n) is 7.96. The third kappa shape index (κ3) is 5.18. The smallest absolute Gasteiger partial charge is 0.337 e. The number of carbonyl (C=O) groups excluding carboxylic acids is 1. The van der Waals surface area contributed by atoms with Gasteiger partial charge in [0.25, 0.3) is 0 Å². The summed E-state index contributed by atoms with van der Waals surface area (Å²) in [5.74, 6) is -0.426. The van der Waals surface area contributed by atoms with Crippen LogP contribution in [-0.4, -0.2) is 18.2 Å². The molecule has 0 saturated carbocycles. The van der Waals surface area contributed by atoms with Gasteiger partial charge in [0.15, 0.2) is 5.11 Å². The summed E-state index contributed by atoms with van der Waals surface area (Å²) < 4.78 is 4.73. The van der Waals surface area contributed by atoms with Gasteiger partial charge in [-0.05, 0) is 49.3 Å². The molecule has 0 amide bonds. The van der Waals surface area contributed by atoms with E-state index in [1.165, 1.54) is 12.7 Å². The number of esters is 1. The number of carbonyl (C=O) groups is 1. The lowest BCUT2D eigenvalue weighted by atomic mass is 10.0. The molecule has 0 aliphatic rings. The molecule has 0 aliphatic carbocycles. The van der Waals surface area contributed by atoms with Crippen molar-refractivity contribution in [2.24, 2.45) is 0 Å². The Morgan fingerprint density at radius 2 is 1.92 bits per heavy atom. The van der Waals surface area contributed by atoms with Crippen LogP contribution in [0.1, 0.15) is 40.9 Å². The predicted octanol–water partition coefficient (Wildman–Crippen LogP) is 4.87. The van der Waals surface area contributed by atoms with E-state index in [0.717, 1.165) is 12.0 Å². The zero-order valence-electron chi connectivity index (χ0n) is 14.4. The van der Waals surface area contributed by atoms with Crippen LogP contribution in [0.2, 0.25) is 5.02 Å². The molecule has 0 spiro atoms. The second-order valence-corrected chi connectivity index (χ2v) is 6.47. The fourth-order valence-electron chi connectivity index (χ4n) is 2.40. The highest BCUT2D eigenvalue weighted by molar-refractivity contribution is 7.80. The van der Waals surface area contributed by atoms with E-state index in [2.05, 4.69) is 48.7 Å². The fourth-order valence-corrected chi connectivity index (χ4v) is 2.82. The molecule has 132 valence electrons. The molecule has 6 heteroatoms. The van der Waals surface area contributed by atoms with E-state index >= 15 is 0 Å². The maximum atomic E-state index is 11.7. The van der Waals surface area contributed by atoms with Gasteiger partial charge in [0.2, 0.25) is 0 Å². The highest BCUT2D eigenvalue weighted by Crippen LogP contribution is 2.24. The third-order valence-corrected chi connectivity index (χ3v) is 4.38. The molecule has 0 saturated heterocycles. The van der Waals surface area contributed by atoms with Crippen molar-refractivity contribution in [2.45, 2.75) is 26.3 Å². The molecule has 0 aromatic heterocycles. The molecule has 2 rings (SSSR count). The van der Waals surface area contributed by atoms with Crippen LogP contribution >= 0.6 is 23.8 Å². The van der Waals surface area contributed by atoms with Crippen LogP contribution in [0, 0.1) is 6.92 Å². The van der Waals surface area contributed by atoms with Gasteiger partial charge in [-0.2, -0.15) is 0 Å². The van der Waals surface area contributed by atoms with Gasteiger partial charge in [-0.3, -0.25) is 0 Å². The van der Waals surface area contributed by atoms with Crippen molar-refractivity contribution in [1.82, 2.24) is 5.32 Å². The molecule has 4 nitrogen and oxygen atoms in total. The summed E-state index contributed by atoms with van der Waals surface area (Å²) in [4.78, 5) is 11.7. The maximum absolute atomic E-state index is 11.7. The molecule has 0 fully saturated rings. The average Bonchev–Trinajstić information content (AvgIpc) is 2.61. The second kappa shape index (κ2) is 8.83. The first-order valence-corrected chi connectivity index (χ1v) is 8.75. The summed E-state index contributed by atoms with van der Waals surface area (Å²) in [6.07, 6.45) is 0.876. The van der Waals surface area contributed by atoms with Crippen LogP contribution < -0.4 is 10.6 Å². The van der Waals surface area contributed by atoms with Crippen molar-refractivity contribution < 1.29 is 9.53 Å². The van der Waals surface area contributed by atoms with Crippen molar-refractivity contribution in [1.29, 1.82) is 0 Å². The van der Waals surface area contributed by atoms with Crippen LogP contribution in [0.5, 0.6) is 0 Å². The Kier molecular flexibility index (Phi) is 6.79. The molecule has 0 heterocycles. The normalized spacial score (nSPS) is 11.5. The number of rotatable bonds is 5. The Bertz CT molecular complexity index is 763. The van der Waals surface area contributed by atoms with Gasteiger partial charge < -0.3 is 15.4 Å². The summed E-state index contributed by atoms with van der Waals surface area (Å²) in [5, 5.41) is 7.26. The van der Waals surface area contributed by atoms with Gasteiger partial charge in [0.1, 0.15) is 0 Å². The fraction of sp³-hybridized carbons (Fsp3) is 0.263. The Morgan fingerprint density at radius 3 is 2.52 bits per heavy atom. The van der Waals surface area contributed by atoms with Gasteiger partial charge in [-0.15, -0.1) is 0 Å². The number of benzene rings is 2. The highest BCUT2D eigenvalue weighted by Gasteiger charge is 2.13. The quantitative estimate of drug-likeness (QED) is 0.575. The monoisotopic (exact) mass is 376 g/mol. The van der Waals surface area contributed by atoms with Gasteiger partial charge in [0, 0.05) is 0 Å². The number of halogens is 1. The van der Waals surface area contributed by atoms with E-state index in [1.54, 1.807) is 18.2 Å². The van der Waals surface area contributed by atoms with Gasteiger partial charge >= 0.3 is 5.97 Å². The van der Waals surface area contributed by atoms with Crippen molar-refractivity contribution in [3.8, 4) is 0 Å². The molecular formula is C19H21ClN2O2S. The molecule has 0 unspecified atom stereocenters. The van der Waals surface area contributed by atoms with Crippen LogP contribution in [0.25, 0.3) is 0 Å². The average molecular weight is 377 g/mol. The molecule has 2 N–H and O–H groups in total. The minimum atomic E-state index is -0.426. The number of ether oxygens (including phenoxy) is 1. The van der Waals surface area contributed by atoms with Crippen molar-refractivity contribution in [3.05, 3.63) is 64.2 Å². The highest BCUT2D eigenvalue weighted by atomic mass is 35.5. The van der Waals surface area contributed by atoms with Gasteiger partial charge in [-0.1, -0.05) is 48.4 Å². The van der Waals surface area contributed by atoms with Crippen LogP contribution in [-0.2, 0) is 4.74 Å². The van der Waals surface area contributed by atoms with E-state index in [4.69, 9.17) is 28.6 Å². The van der Waals surface area contributed by atoms with Crippen LogP contribution in [0.15, 0.2) is 42.5 Å². The van der Waals surface area contributed by atoms with Gasteiger partial charge in [-0.25, -0.2) is 4.79 Å². The molecule has 25 heavy (non-hydrogen) atoms. The standard InChI is InChI=1S/C19H21ClN2O2S/c1-4-16(13-7-5-12(2)6-8-13)21-19(25)22-17-11-14(18(23)24-3)9-10-15(17)20/h5-11,16H,4H2,1-3H3,(H2,21,22,25)/t16-/m0/s1. The first-order chi connectivity index (χ1) is 11.9. The number of hydrogen-bond donors (Lipinski definition) is 2. The lowest BCUT2D eigenvalue weighted by Gasteiger charge is -2.20. The second-order valence-electron chi connectivity index (χ2n) is 5.66. The van der Waals surface area contributed by atoms with E-state index in [0.29, 0.717) is 21.4 Å².